The van der Waals surface area contributed by atoms with Crippen molar-refractivity contribution in [1.82, 2.24) is 4.90 Å². The predicted octanol–water partition coefficient (Wildman–Crippen LogP) is 14.7. The summed E-state index contributed by atoms with van der Waals surface area (Å²) in [5.41, 5.74) is 1.14. The van der Waals surface area contributed by atoms with Crippen LogP contribution in [0.15, 0.2) is 72.9 Å². The zero-order valence-corrected chi connectivity index (χ0v) is 34.4. The largest absolute Gasteiger partial charge is 0.379 e. The monoisotopic (exact) mass is 724 g/mol. The van der Waals surface area contributed by atoms with Crippen LogP contribution in [0.4, 0.5) is 4.39 Å². The van der Waals surface area contributed by atoms with E-state index in [9.17, 15) is 4.39 Å². The third-order valence-electron chi connectivity index (χ3n) is 9.69. The van der Waals surface area contributed by atoms with Crippen LogP contribution in [0.1, 0.15) is 180 Å². The molecule has 1 atom stereocenters. The second-order valence-corrected chi connectivity index (χ2v) is 14.9. The molecule has 0 fully saturated rings. The van der Waals surface area contributed by atoms with Gasteiger partial charge >= 0.3 is 0 Å². The first kappa shape index (κ1) is 48.0. The Morgan fingerprint density at radius 1 is 0.558 bits per heavy atom. The molecule has 0 aromatic heterocycles. The lowest BCUT2D eigenvalue weighted by atomic mass is 10.1. The van der Waals surface area contributed by atoms with Crippen molar-refractivity contribution < 1.29 is 13.9 Å². The van der Waals surface area contributed by atoms with Gasteiger partial charge in [-0.3, -0.25) is 0 Å². The van der Waals surface area contributed by atoms with Crippen molar-refractivity contribution in [2.75, 3.05) is 33.4 Å². The molecule has 0 aliphatic heterocycles. The first-order chi connectivity index (χ1) is 25.7. The number of allylic oxidation sites excluding steroid dienone is 8. The Hall–Kier alpha value is -2.01. The number of rotatable bonds is 38. The molecule has 1 unspecified atom stereocenters. The summed E-state index contributed by atoms with van der Waals surface area (Å²) in [6.07, 6.45) is 50.0. The van der Waals surface area contributed by atoms with E-state index < -0.39 is 0 Å². The van der Waals surface area contributed by atoms with Gasteiger partial charge in [-0.1, -0.05) is 152 Å². The summed E-state index contributed by atoms with van der Waals surface area (Å²) in [4.78, 5) is 2.30. The maximum Gasteiger partial charge on any atom is 0.123 e. The molecule has 4 heteroatoms. The van der Waals surface area contributed by atoms with Crippen molar-refractivity contribution in [3.63, 3.8) is 0 Å². The summed E-state index contributed by atoms with van der Waals surface area (Å²) >= 11 is 0. The van der Waals surface area contributed by atoms with Gasteiger partial charge in [-0.15, -0.1) is 0 Å². The van der Waals surface area contributed by atoms with Crippen LogP contribution in [0.2, 0.25) is 0 Å². The fraction of sp³-hybridized carbons (Fsp3) is 0.708. The molecule has 0 aliphatic carbocycles. The van der Waals surface area contributed by atoms with Crippen molar-refractivity contribution in [3.05, 3.63) is 84.3 Å². The van der Waals surface area contributed by atoms with E-state index in [0.717, 1.165) is 64.0 Å². The highest BCUT2D eigenvalue weighted by molar-refractivity contribution is 5.15. The van der Waals surface area contributed by atoms with E-state index in [1.807, 2.05) is 12.1 Å². The second-order valence-electron chi connectivity index (χ2n) is 14.9. The summed E-state index contributed by atoms with van der Waals surface area (Å²) in [6.45, 7) is 8.58. The van der Waals surface area contributed by atoms with Gasteiger partial charge in [0.1, 0.15) is 5.82 Å². The van der Waals surface area contributed by atoms with E-state index >= 15 is 0 Å². The van der Waals surface area contributed by atoms with Crippen LogP contribution in [0.25, 0.3) is 0 Å². The van der Waals surface area contributed by atoms with Crippen LogP contribution in [0.5, 0.6) is 0 Å². The topological polar surface area (TPSA) is 21.7 Å². The van der Waals surface area contributed by atoms with Crippen molar-refractivity contribution in [1.29, 1.82) is 0 Å². The second kappa shape index (κ2) is 38.7. The maximum absolute atomic E-state index is 13.3. The minimum absolute atomic E-state index is 0.123. The molecule has 0 bridgehead atoms. The first-order valence-electron chi connectivity index (χ1n) is 21.9. The van der Waals surface area contributed by atoms with Gasteiger partial charge < -0.3 is 14.4 Å². The van der Waals surface area contributed by atoms with Crippen LogP contribution >= 0.6 is 0 Å². The Bertz CT molecular complexity index is 985. The summed E-state index contributed by atoms with van der Waals surface area (Å²) < 4.78 is 25.9. The average Bonchev–Trinajstić information content (AvgIpc) is 3.15. The number of benzene rings is 1. The molecule has 298 valence electrons. The fourth-order valence-electron chi connectivity index (χ4n) is 6.31. The van der Waals surface area contributed by atoms with Gasteiger partial charge in [0.25, 0.3) is 0 Å². The minimum Gasteiger partial charge on any atom is -0.379 e. The van der Waals surface area contributed by atoms with Gasteiger partial charge in [0, 0.05) is 26.3 Å². The van der Waals surface area contributed by atoms with Crippen LogP contribution in [-0.4, -0.2) is 44.4 Å². The van der Waals surface area contributed by atoms with Crippen LogP contribution in [-0.2, 0) is 16.0 Å². The van der Waals surface area contributed by atoms with Crippen LogP contribution < -0.4 is 0 Å². The third kappa shape index (κ3) is 33.8. The zero-order valence-electron chi connectivity index (χ0n) is 34.4. The highest BCUT2D eigenvalue weighted by Crippen LogP contribution is 2.13. The average molecular weight is 724 g/mol. The minimum atomic E-state index is -0.180. The number of ether oxygens (including phenoxy) is 2. The lowest BCUT2D eigenvalue weighted by Gasteiger charge is -2.22. The van der Waals surface area contributed by atoms with Gasteiger partial charge in [-0.25, -0.2) is 4.39 Å². The van der Waals surface area contributed by atoms with Crippen molar-refractivity contribution in [2.24, 2.45) is 0 Å². The molecule has 0 saturated heterocycles. The molecule has 0 N–H and O–H groups in total. The smallest absolute Gasteiger partial charge is 0.123 e. The molecule has 3 nitrogen and oxygen atoms in total. The van der Waals surface area contributed by atoms with Gasteiger partial charge in [0.15, 0.2) is 0 Å². The van der Waals surface area contributed by atoms with E-state index in [4.69, 9.17) is 9.47 Å². The predicted molar refractivity (Wildman–Crippen MR) is 227 cm³/mol. The van der Waals surface area contributed by atoms with E-state index in [1.165, 1.54) is 128 Å². The summed E-state index contributed by atoms with van der Waals surface area (Å²) in [6, 6.07) is 6.84. The van der Waals surface area contributed by atoms with Crippen LogP contribution in [0.3, 0.4) is 0 Å². The molecule has 0 radical (unpaired) electrons. The summed E-state index contributed by atoms with van der Waals surface area (Å²) in [7, 11) is 2.13. The van der Waals surface area contributed by atoms with E-state index in [-0.39, 0.29) is 11.9 Å². The molecule has 1 aromatic rings. The molecule has 0 heterocycles. The van der Waals surface area contributed by atoms with Gasteiger partial charge in [0.05, 0.1) is 12.7 Å². The molecule has 0 amide bonds. The Labute approximate surface area is 322 Å². The number of nitrogens with zero attached hydrogens (tertiary/aromatic N) is 1. The molecule has 0 saturated carbocycles. The SMILES string of the molecule is CCCCCC=CCC=CCCCCCCCCOCC(CCN(C)Cc1ccc(F)cc1)OCCCCCCCCC=CCC=CCCCCC. The van der Waals surface area contributed by atoms with Gasteiger partial charge in [0.2, 0.25) is 0 Å². The van der Waals surface area contributed by atoms with E-state index in [0.29, 0.717) is 6.61 Å². The van der Waals surface area contributed by atoms with Gasteiger partial charge in [-0.2, -0.15) is 0 Å². The number of hydrogen-bond donors (Lipinski definition) is 0. The Kier molecular flexibility index (Phi) is 35.7. The van der Waals surface area contributed by atoms with E-state index in [1.54, 1.807) is 12.1 Å². The Morgan fingerprint density at radius 3 is 1.50 bits per heavy atom. The van der Waals surface area contributed by atoms with Crippen molar-refractivity contribution >= 4 is 0 Å². The molecule has 0 aliphatic rings. The quantitative estimate of drug-likeness (QED) is 0.0501. The number of unbranched alkanes of at least 4 members (excludes halogenated alkanes) is 18. The number of halogens is 1. The molecule has 52 heavy (non-hydrogen) atoms. The van der Waals surface area contributed by atoms with Crippen LogP contribution in [0, 0.1) is 5.82 Å². The van der Waals surface area contributed by atoms with Crippen molar-refractivity contribution in [2.45, 2.75) is 187 Å². The standard InChI is InChI=1S/C48H82FNO2/c1-4-6-8-10-12-14-16-18-20-22-24-26-28-30-32-34-42-51-45-48(40-41-50(3)44-46-36-38-47(49)39-37-46)52-43-35-33-31-29-27-25-23-21-19-17-15-13-11-9-7-5-2/h12-15,18-21,36-39,48H,4-11,16-17,22-35,40-45H2,1-3H3. The Morgan fingerprint density at radius 2 is 1.00 bits per heavy atom. The zero-order chi connectivity index (χ0) is 37.4. The van der Waals surface area contributed by atoms with Crippen molar-refractivity contribution in [3.8, 4) is 0 Å². The summed E-state index contributed by atoms with van der Waals surface area (Å²) in [5, 5.41) is 0. The highest BCUT2D eigenvalue weighted by atomic mass is 19.1. The third-order valence-corrected chi connectivity index (χ3v) is 9.69. The molecular formula is C48H82FNO2. The fourth-order valence-corrected chi connectivity index (χ4v) is 6.31. The Balaban J connectivity index is 2.17. The normalized spacial score (nSPS) is 12.9. The molecule has 1 aromatic carbocycles. The lowest BCUT2D eigenvalue weighted by molar-refractivity contribution is -0.0257. The first-order valence-corrected chi connectivity index (χ1v) is 21.9. The number of hydrogen-bond acceptors (Lipinski definition) is 3. The highest BCUT2D eigenvalue weighted by Gasteiger charge is 2.12. The maximum atomic E-state index is 13.3. The molecular weight excluding hydrogens is 642 g/mol. The molecule has 1 rings (SSSR count). The molecule has 0 spiro atoms. The van der Waals surface area contributed by atoms with E-state index in [2.05, 4.69) is 74.4 Å². The summed E-state index contributed by atoms with van der Waals surface area (Å²) in [5.74, 6) is -0.180. The lowest BCUT2D eigenvalue weighted by Crippen LogP contribution is -2.28. The van der Waals surface area contributed by atoms with Gasteiger partial charge in [-0.05, 0) is 108 Å².